The summed E-state index contributed by atoms with van der Waals surface area (Å²) in [6, 6.07) is 13.5. The second-order valence-electron chi connectivity index (χ2n) is 3.69. The minimum absolute atomic E-state index is 0.267. The van der Waals surface area contributed by atoms with Crippen molar-refractivity contribution in [3.63, 3.8) is 0 Å². The zero-order valence-electron chi connectivity index (χ0n) is 8.51. The summed E-state index contributed by atoms with van der Waals surface area (Å²) in [4.78, 5) is 0. The summed E-state index contributed by atoms with van der Waals surface area (Å²) < 4.78 is 0. The number of rotatable bonds is 1. The number of nitrogens with one attached hydrogen (secondary N) is 1. The fraction of sp³-hybridized carbons (Fsp3) is 0. The van der Waals surface area contributed by atoms with Gasteiger partial charge in [0, 0.05) is 11.8 Å². The van der Waals surface area contributed by atoms with Crippen molar-refractivity contribution in [3.8, 4) is 17.0 Å². The average Bonchev–Trinajstić information content (AvgIpc) is 2.81. The Bertz CT molecular complexity index is 629. The van der Waals surface area contributed by atoms with Crippen LogP contribution in [-0.2, 0) is 0 Å². The summed E-state index contributed by atoms with van der Waals surface area (Å²) in [6.07, 6.45) is 1.67. The molecule has 0 bridgehead atoms. The normalized spacial score (nSPS) is 10.8. The second-order valence-corrected chi connectivity index (χ2v) is 3.69. The lowest BCUT2D eigenvalue weighted by atomic mass is 10.0. The fourth-order valence-electron chi connectivity index (χ4n) is 1.85. The van der Waals surface area contributed by atoms with Crippen LogP contribution in [0.15, 0.2) is 48.7 Å². The van der Waals surface area contributed by atoms with Gasteiger partial charge in [0.2, 0.25) is 0 Å². The van der Waals surface area contributed by atoms with Crippen LogP contribution in [0.4, 0.5) is 0 Å². The molecule has 3 rings (SSSR count). The van der Waals surface area contributed by atoms with Crippen LogP contribution in [0.2, 0.25) is 0 Å². The Morgan fingerprint density at radius 3 is 2.44 bits per heavy atom. The van der Waals surface area contributed by atoms with Crippen molar-refractivity contribution < 1.29 is 5.11 Å². The molecule has 16 heavy (non-hydrogen) atoms. The number of aromatic nitrogens is 2. The van der Waals surface area contributed by atoms with E-state index in [1.54, 1.807) is 12.3 Å². The lowest BCUT2D eigenvalue weighted by Gasteiger charge is -2.04. The largest absolute Gasteiger partial charge is 0.507 e. The number of fused-ring (bicyclic) bond motifs is 1. The quantitative estimate of drug-likeness (QED) is 0.648. The minimum Gasteiger partial charge on any atom is -0.507 e. The van der Waals surface area contributed by atoms with Gasteiger partial charge in [-0.2, -0.15) is 5.10 Å². The lowest BCUT2D eigenvalue weighted by Crippen LogP contribution is -1.81. The molecule has 0 aliphatic rings. The first-order chi connectivity index (χ1) is 7.84. The SMILES string of the molecule is Oc1cc2ccccc2cc1-c1ccn[nH]1. The van der Waals surface area contributed by atoms with E-state index in [2.05, 4.69) is 10.2 Å². The van der Waals surface area contributed by atoms with E-state index in [0.29, 0.717) is 0 Å². The molecule has 3 heteroatoms. The van der Waals surface area contributed by atoms with E-state index < -0.39 is 0 Å². The van der Waals surface area contributed by atoms with Crippen molar-refractivity contribution >= 4 is 10.8 Å². The molecular weight excluding hydrogens is 200 g/mol. The van der Waals surface area contributed by atoms with E-state index in [9.17, 15) is 5.11 Å². The molecule has 2 aromatic carbocycles. The van der Waals surface area contributed by atoms with Gasteiger partial charge in [-0.25, -0.2) is 0 Å². The molecule has 0 saturated heterocycles. The number of benzene rings is 2. The highest BCUT2D eigenvalue weighted by Gasteiger charge is 2.06. The molecule has 3 aromatic rings. The molecule has 1 aromatic heterocycles. The molecule has 3 nitrogen and oxygen atoms in total. The molecule has 0 spiro atoms. The van der Waals surface area contributed by atoms with Crippen LogP contribution in [0.1, 0.15) is 0 Å². The van der Waals surface area contributed by atoms with E-state index in [1.165, 1.54) is 0 Å². The molecule has 1 heterocycles. The van der Waals surface area contributed by atoms with Crippen LogP contribution in [0, 0.1) is 0 Å². The fourth-order valence-corrected chi connectivity index (χ4v) is 1.85. The standard InChI is InChI=1S/C13H10N2O/c16-13-8-10-4-2-1-3-9(10)7-11(13)12-5-6-14-15-12/h1-8,16H,(H,14,15). The molecule has 0 amide bonds. The number of aromatic hydroxyl groups is 1. The summed E-state index contributed by atoms with van der Waals surface area (Å²) in [5.74, 6) is 0.267. The molecule has 0 atom stereocenters. The number of nitrogens with zero attached hydrogens (tertiary/aromatic N) is 1. The van der Waals surface area contributed by atoms with Gasteiger partial charge >= 0.3 is 0 Å². The number of hydrogen-bond donors (Lipinski definition) is 2. The molecule has 0 aliphatic carbocycles. The Morgan fingerprint density at radius 2 is 1.75 bits per heavy atom. The van der Waals surface area contributed by atoms with Gasteiger partial charge in [-0.15, -0.1) is 0 Å². The summed E-state index contributed by atoms with van der Waals surface area (Å²) >= 11 is 0. The number of H-pyrrole nitrogens is 1. The molecule has 0 radical (unpaired) electrons. The van der Waals surface area contributed by atoms with Crippen molar-refractivity contribution in [2.75, 3.05) is 0 Å². The van der Waals surface area contributed by atoms with Crippen molar-refractivity contribution in [2.45, 2.75) is 0 Å². The average molecular weight is 210 g/mol. The number of hydrogen-bond acceptors (Lipinski definition) is 2. The molecule has 0 fully saturated rings. The van der Waals surface area contributed by atoms with Crippen molar-refractivity contribution in [3.05, 3.63) is 48.7 Å². The number of phenolic OH excluding ortho intramolecular Hbond substituents is 1. The van der Waals surface area contributed by atoms with E-state index in [0.717, 1.165) is 22.0 Å². The maximum Gasteiger partial charge on any atom is 0.125 e. The van der Waals surface area contributed by atoms with E-state index in [4.69, 9.17) is 0 Å². The zero-order valence-corrected chi connectivity index (χ0v) is 8.51. The van der Waals surface area contributed by atoms with E-state index in [1.807, 2.05) is 36.4 Å². The maximum atomic E-state index is 9.93. The van der Waals surface area contributed by atoms with Crippen molar-refractivity contribution in [1.29, 1.82) is 0 Å². The minimum atomic E-state index is 0.267. The van der Waals surface area contributed by atoms with Crippen molar-refractivity contribution in [2.24, 2.45) is 0 Å². The van der Waals surface area contributed by atoms with Crippen LogP contribution in [0.3, 0.4) is 0 Å². The Morgan fingerprint density at radius 1 is 1.00 bits per heavy atom. The Balaban J connectivity index is 2.30. The van der Waals surface area contributed by atoms with Gasteiger partial charge in [-0.1, -0.05) is 24.3 Å². The highest BCUT2D eigenvalue weighted by Crippen LogP contribution is 2.31. The van der Waals surface area contributed by atoms with Gasteiger partial charge in [0.25, 0.3) is 0 Å². The smallest absolute Gasteiger partial charge is 0.125 e. The maximum absolute atomic E-state index is 9.93. The molecule has 0 aliphatic heterocycles. The Kier molecular flexibility index (Phi) is 1.90. The van der Waals surface area contributed by atoms with Crippen LogP contribution in [-0.4, -0.2) is 15.3 Å². The summed E-state index contributed by atoms with van der Waals surface area (Å²) in [5.41, 5.74) is 1.60. The predicted octanol–water partition coefficient (Wildman–Crippen LogP) is 2.94. The molecule has 0 saturated carbocycles. The van der Waals surface area contributed by atoms with Crippen LogP contribution in [0.25, 0.3) is 22.0 Å². The van der Waals surface area contributed by atoms with Gasteiger partial charge in [-0.05, 0) is 29.0 Å². The third-order valence-corrected chi connectivity index (χ3v) is 2.65. The van der Waals surface area contributed by atoms with Gasteiger partial charge in [0.1, 0.15) is 5.75 Å². The highest BCUT2D eigenvalue weighted by molar-refractivity contribution is 5.89. The Hall–Kier alpha value is -2.29. The van der Waals surface area contributed by atoms with Gasteiger partial charge in [0.15, 0.2) is 0 Å². The van der Waals surface area contributed by atoms with Crippen molar-refractivity contribution in [1.82, 2.24) is 10.2 Å². The number of aromatic amines is 1. The van der Waals surface area contributed by atoms with Gasteiger partial charge < -0.3 is 5.11 Å². The van der Waals surface area contributed by atoms with Crippen LogP contribution < -0.4 is 0 Å². The summed E-state index contributed by atoms with van der Waals surface area (Å²) in [7, 11) is 0. The zero-order chi connectivity index (χ0) is 11.0. The predicted molar refractivity (Wildman–Crippen MR) is 63.2 cm³/mol. The monoisotopic (exact) mass is 210 g/mol. The van der Waals surface area contributed by atoms with E-state index >= 15 is 0 Å². The third-order valence-electron chi connectivity index (χ3n) is 2.65. The lowest BCUT2D eigenvalue weighted by molar-refractivity contribution is 0.478. The first-order valence-electron chi connectivity index (χ1n) is 5.06. The highest BCUT2D eigenvalue weighted by atomic mass is 16.3. The Labute approximate surface area is 92.4 Å². The van der Waals surface area contributed by atoms with Gasteiger partial charge in [0.05, 0.1) is 5.69 Å². The van der Waals surface area contributed by atoms with Crippen LogP contribution >= 0.6 is 0 Å². The molecule has 2 N–H and O–H groups in total. The van der Waals surface area contributed by atoms with Crippen LogP contribution in [0.5, 0.6) is 5.75 Å². The van der Waals surface area contributed by atoms with Gasteiger partial charge in [-0.3, -0.25) is 5.10 Å². The molecule has 0 unspecified atom stereocenters. The third kappa shape index (κ3) is 1.34. The second kappa shape index (κ2) is 3.38. The first kappa shape index (κ1) is 8.97. The summed E-state index contributed by atoms with van der Waals surface area (Å²) in [6.45, 7) is 0. The van der Waals surface area contributed by atoms with E-state index in [-0.39, 0.29) is 5.75 Å². The number of phenols is 1. The summed E-state index contributed by atoms with van der Waals surface area (Å²) in [5, 5.41) is 18.8. The molecular formula is C13H10N2O. The molecule has 78 valence electrons. The topological polar surface area (TPSA) is 48.9 Å². The first-order valence-corrected chi connectivity index (χ1v) is 5.06.